The molecule has 0 unspecified atom stereocenters. The maximum atomic E-state index is 13.8. The van der Waals surface area contributed by atoms with E-state index in [1.165, 1.54) is 0 Å². The van der Waals surface area contributed by atoms with Gasteiger partial charge < -0.3 is 20.3 Å². The first-order valence-electron chi connectivity index (χ1n) is 12.6. The Morgan fingerprint density at radius 3 is 2.53 bits per heavy atom. The lowest BCUT2D eigenvalue weighted by Gasteiger charge is -2.32. The standard InChI is InChI=1S/C29H34N4O3/c1-2-32-18-9-4-10-19-33(29(35)25-15-11-17-31-27(25)30)23(20-22-12-5-3-6-13-22)21-36-26-16-8-7-14-24(26)28(32)34/h3,5-8,11-17,23H,2,4,9-10,18-21H2,1H3,(H2,30,31)/t23-/m0/s1. The number of carbonyl (C=O) groups is 2. The van der Waals surface area contributed by atoms with Crippen molar-refractivity contribution in [2.75, 3.05) is 32.0 Å². The fourth-order valence-electron chi connectivity index (χ4n) is 4.64. The Hall–Kier alpha value is -3.87. The Bertz CT molecular complexity index is 1170. The van der Waals surface area contributed by atoms with Crippen LogP contribution in [0.1, 0.15) is 52.5 Å². The molecular formula is C29H34N4O3. The van der Waals surface area contributed by atoms with E-state index in [0.717, 1.165) is 24.8 Å². The minimum absolute atomic E-state index is 0.0250. The summed E-state index contributed by atoms with van der Waals surface area (Å²) in [4.78, 5) is 35.0. The van der Waals surface area contributed by atoms with Crippen LogP contribution in [-0.2, 0) is 6.42 Å². The zero-order chi connectivity index (χ0) is 25.3. The van der Waals surface area contributed by atoms with E-state index >= 15 is 0 Å². The van der Waals surface area contributed by atoms with E-state index in [1.54, 1.807) is 18.3 Å². The number of benzene rings is 2. The number of aromatic nitrogens is 1. The van der Waals surface area contributed by atoms with Crippen LogP contribution in [0.15, 0.2) is 72.9 Å². The van der Waals surface area contributed by atoms with Gasteiger partial charge in [0.25, 0.3) is 11.8 Å². The molecule has 188 valence electrons. The van der Waals surface area contributed by atoms with E-state index in [-0.39, 0.29) is 30.3 Å². The molecule has 0 aliphatic carbocycles. The van der Waals surface area contributed by atoms with Crippen molar-refractivity contribution in [1.29, 1.82) is 0 Å². The summed E-state index contributed by atoms with van der Waals surface area (Å²) in [5.41, 5.74) is 8.14. The molecule has 2 heterocycles. The van der Waals surface area contributed by atoms with Crippen LogP contribution in [-0.4, -0.2) is 58.9 Å². The van der Waals surface area contributed by atoms with Crippen molar-refractivity contribution < 1.29 is 14.3 Å². The van der Waals surface area contributed by atoms with Crippen LogP contribution in [0.25, 0.3) is 0 Å². The smallest absolute Gasteiger partial charge is 0.257 e. The highest BCUT2D eigenvalue weighted by atomic mass is 16.5. The lowest BCUT2D eigenvalue weighted by atomic mass is 10.0. The van der Waals surface area contributed by atoms with Gasteiger partial charge in [-0.1, -0.05) is 42.5 Å². The zero-order valence-electron chi connectivity index (χ0n) is 20.8. The Labute approximate surface area is 212 Å². The van der Waals surface area contributed by atoms with Gasteiger partial charge in [-0.05, 0) is 62.4 Å². The number of nitrogen functional groups attached to an aromatic ring is 1. The van der Waals surface area contributed by atoms with Gasteiger partial charge in [-0.3, -0.25) is 9.59 Å². The fourth-order valence-corrected chi connectivity index (χ4v) is 4.64. The average molecular weight is 487 g/mol. The molecule has 3 aromatic rings. The first-order chi connectivity index (χ1) is 17.6. The quantitative estimate of drug-likeness (QED) is 0.589. The summed E-state index contributed by atoms with van der Waals surface area (Å²) >= 11 is 0. The molecule has 36 heavy (non-hydrogen) atoms. The molecule has 1 aromatic heterocycles. The molecule has 0 saturated carbocycles. The molecule has 0 spiro atoms. The van der Waals surface area contributed by atoms with Crippen molar-refractivity contribution in [3.05, 3.63) is 89.6 Å². The number of nitrogens with zero attached hydrogens (tertiary/aromatic N) is 3. The van der Waals surface area contributed by atoms with Gasteiger partial charge in [0.15, 0.2) is 0 Å². The Balaban J connectivity index is 1.71. The molecule has 2 aromatic carbocycles. The van der Waals surface area contributed by atoms with E-state index in [9.17, 15) is 9.59 Å². The number of anilines is 1. The van der Waals surface area contributed by atoms with Crippen LogP contribution in [0.2, 0.25) is 0 Å². The minimum atomic E-state index is -0.259. The molecule has 1 aliphatic rings. The molecule has 0 saturated heterocycles. The molecule has 7 nitrogen and oxygen atoms in total. The van der Waals surface area contributed by atoms with Crippen molar-refractivity contribution in [2.45, 2.75) is 38.6 Å². The summed E-state index contributed by atoms with van der Waals surface area (Å²) in [6.07, 6.45) is 4.78. The highest BCUT2D eigenvalue weighted by Gasteiger charge is 2.28. The first kappa shape index (κ1) is 25.2. The van der Waals surface area contributed by atoms with E-state index in [2.05, 4.69) is 17.1 Å². The molecule has 1 aliphatic heterocycles. The van der Waals surface area contributed by atoms with E-state index < -0.39 is 0 Å². The predicted octanol–water partition coefficient (Wildman–Crippen LogP) is 4.44. The normalized spacial score (nSPS) is 17.2. The second-order valence-corrected chi connectivity index (χ2v) is 9.03. The van der Waals surface area contributed by atoms with Gasteiger partial charge in [-0.25, -0.2) is 4.98 Å². The Morgan fingerprint density at radius 2 is 1.75 bits per heavy atom. The number of amides is 2. The molecule has 7 heteroatoms. The molecule has 2 amide bonds. The predicted molar refractivity (Wildman–Crippen MR) is 141 cm³/mol. The lowest BCUT2D eigenvalue weighted by molar-refractivity contribution is 0.0606. The highest BCUT2D eigenvalue weighted by Crippen LogP contribution is 2.24. The van der Waals surface area contributed by atoms with Gasteiger partial charge >= 0.3 is 0 Å². The Morgan fingerprint density at radius 1 is 1.00 bits per heavy atom. The van der Waals surface area contributed by atoms with Crippen LogP contribution >= 0.6 is 0 Å². The first-order valence-corrected chi connectivity index (χ1v) is 12.6. The van der Waals surface area contributed by atoms with E-state index in [4.69, 9.17) is 10.5 Å². The maximum Gasteiger partial charge on any atom is 0.257 e. The summed E-state index contributed by atoms with van der Waals surface area (Å²) in [6, 6.07) is 20.6. The number of nitrogens with two attached hydrogens (primary N) is 1. The molecule has 0 fully saturated rings. The van der Waals surface area contributed by atoms with Gasteiger partial charge in [-0.2, -0.15) is 0 Å². The van der Waals surface area contributed by atoms with Crippen molar-refractivity contribution in [2.24, 2.45) is 0 Å². The number of ether oxygens (including phenoxy) is 1. The van der Waals surface area contributed by atoms with Crippen molar-refractivity contribution in [1.82, 2.24) is 14.8 Å². The molecule has 0 radical (unpaired) electrons. The van der Waals surface area contributed by atoms with Crippen molar-refractivity contribution in [3.63, 3.8) is 0 Å². The molecule has 1 atom stereocenters. The van der Waals surface area contributed by atoms with Crippen LogP contribution in [0, 0.1) is 0 Å². The summed E-state index contributed by atoms with van der Waals surface area (Å²) in [5.74, 6) is 0.577. The van der Waals surface area contributed by atoms with Crippen molar-refractivity contribution in [3.8, 4) is 5.75 Å². The zero-order valence-corrected chi connectivity index (χ0v) is 20.8. The fraction of sp³-hybridized carbons (Fsp3) is 0.345. The number of carbonyl (C=O) groups excluding carboxylic acids is 2. The molecule has 0 bridgehead atoms. The van der Waals surface area contributed by atoms with Crippen LogP contribution in [0.4, 0.5) is 5.82 Å². The second-order valence-electron chi connectivity index (χ2n) is 9.03. The number of hydrogen-bond donors (Lipinski definition) is 1. The van der Waals surface area contributed by atoms with Gasteiger partial charge in [0.1, 0.15) is 18.2 Å². The number of rotatable bonds is 4. The maximum absolute atomic E-state index is 13.8. The summed E-state index contributed by atoms with van der Waals surface area (Å²) in [7, 11) is 0. The van der Waals surface area contributed by atoms with Gasteiger partial charge in [-0.15, -0.1) is 0 Å². The van der Waals surface area contributed by atoms with Crippen LogP contribution < -0.4 is 10.5 Å². The Kier molecular flexibility index (Phi) is 8.55. The molecule has 4 rings (SSSR count). The van der Waals surface area contributed by atoms with Crippen LogP contribution in [0.5, 0.6) is 5.75 Å². The largest absolute Gasteiger partial charge is 0.491 e. The minimum Gasteiger partial charge on any atom is -0.491 e. The number of fused-ring (bicyclic) bond motifs is 1. The second kappa shape index (κ2) is 12.2. The number of hydrogen-bond acceptors (Lipinski definition) is 5. The van der Waals surface area contributed by atoms with E-state index in [1.807, 2.05) is 59.2 Å². The van der Waals surface area contributed by atoms with Crippen molar-refractivity contribution >= 4 is 17.6 Å². The number of para-hydroxylation sites is 1. The van der Waals surface area contributed by atoms with Gasteiger partial charge in [0.2, 0.25) is 0 Å². The lowest BCUT2D eigenvalue weighted by Crippen LogP contribution is -2.46. The van der Waals surface area contributed by atoms with E-state index in [0.29, 0.717) is 42.9 Å². The molecular weight excluding hydrogens is 452 g/mol. The topological polar surface area (TPSA) is 88.8 Å². The van der Waals surface area contributed by atoms with Gasteiger partial charge in [0, 0.05) is 25.8 Å². The summed E-state index contributed by atoms with van der Waals surface area (Å²) < 4.78 is 6.31. The highest BCUT2D eigenvalue weighted by molar-refractivity contribution is 5.98. The summed E-state index contributed by atoms with van der Waals surface area (Å²) in [5, 5.41) is 0. The molecule has 2 N–H and O–H groups in total. The average Bonchev–Trinajstić information content (AvgIpc) is 2.92. The van der Waals surface area contributed by atoms with Crippen LogP contribution in [0.3, 0.4) is 0 Å². The number of pyridine rings is 1. The van der Waals surface area contributed by atoms with Gasteiger partial charge in [0.05, 0.1) is 17.2 Å². The summed E-state index contributed by atoms with van der Waals surface area (Å²) in [6.45, 7) is 4.11. The third-order valence-electron chi connectivity index (χ3n) is 6.63. The third-order valence-corrected chi connectivity index (χ3v) is 6.63. The SMILES string of the molecule is CCN1CCCCCN(C(=O)c2cccnc2N)[C@@H](Cc2ccccc2)COc2ccccc2C1=O. The third kappa shape index (κ3) is 6.03. The monoisotopic (exact) mass is 486 g/mol.